The quantitative estimate of drug-likeness (QED) is 0.416. The van der Waals surface area contributed by atoms with E-state index < -0.39 is 0 Å². The summed E-state index contributed by atoms with van der Waals surface area (Å²) < 4.78 is 0. The Morgan fingerprint density at radius 2 is 1.79 bits per heavy atom. The maximum absolute atomic E-state index is 13.0. The minimum absolute atomic E-state index is 0.160. The number of anilines is 3. The molecule has 0 bridgehead atoms. The van der Waals surface area contributed by atoms with Crippen LogP contribution in [-0.4, -0.2) is 47.9 Å². The Bertz CT molecular complexity index is 1150. The molecular weight excluding hydrogens is 494 g/mol. The first kappa shape index (κ1) is 29.3. The van der Waals surface area contributed by atoms with E-state index in [-0.39, 0.29) is 11.8 Å². The summed E-state index contributed by atoms with van der Waals surface area (Å²) in [7, 11) is 0. The first-order chi connectivity index (χ1) is 18.3. The molecule has 38 heavy (non-hydrogen) atoms. The number of rotatable bonds is 6. The third kappa shape index (κ3) is 8.65. The van der Waals surface area contributed by atoms with Crippen molar-refractivity contribution in [3.8, 4) is 0 Å². The van der Waals surface area contributed by atoms with E-state index in [1.54, 1.807) is 24.9 Å². The van der Waals surface area contributed by atoms with E-state index in [1.807, 2.05) is 60.6 Å². The fourth-order valence-electron chi connectivity index (χ4n) is 4.37. The van der Waals surface area contributed by atoms with E-state index in [4.69, 9.17) is 5.73 Å². The molecule has 204 valence electrons. The lowest BCUT2D eigenvalue weighted by Crippen LogP contribution is -2.31. The third-order valence-electron chi connectivity index (χ3n) is 6.89. The molecule has 2 amide bonds. The lowest BCUT2D eigenvalue weighted by atomic mass is 10.0. The summed E-state index contributed by atoms with van der Waals surface area (Å²) in [6.07, 6.45) is 7.62. The number of carbonyl (C=O) groups is 2. The molecule has 1 unspecified atom stereocenters. The van der Waals surface area contributed by atoms with E-state index >= 15 is 0 Å². The topological polar surface area (TPSA) is 91.6 Å². The summed E-state index contributed by atoms with van der Waals surface area (Å²) in [5.74, 6) is 1.31. The number of nitrogens with two attached hydrogens (primary N) is 1. The molecule has 3 N–H and O–H groups in total. The zero-order chi connectivity index (χ0) is 27.5. The van der Waals surface area contributed by atoms with Gasteiger partial charge in [-0.3, -0.25) is 9.59 Å². The van der Waals surface area contributed by atoms with Gasteiger partial charge in [-0.2, -0.15) is 0 Å². The van der Waals surface area contributed by atoms with Gasteiger partial charge >= 0.3 is 0 Å². The lowest BCUT2D eigenvalue weighted by Gasteiger charge is -2.25. The molecule has 1 aliphatic rings. The van der Waals surface area contributed by atoms with Crippen molar-refractivity contribution in [2.75, 3.05) is 42.1 Å². The number of thioether (sulfide) groups is 1. The maximum Gasteiger partial charge on any atom is 0.257 e. The highest BCUT2D eigenvalue weighted by molar-refractivity contribution is 8.05. The smallest absolute Gasteiger partial charge is 0.257 e. The molecule has 0 radical (unpaired) electrons. The van der Waals surface area contributed by atoms with Crippen LogP contribution in [0.15, 0.2) is 53.4 Å². The first-order valence-corrected chi connectivity index (χ1v) is 14.3. The van der Waals surface area contributed by atoms with E-state index in [0.717, 1.165) is 68.8 Å². The van der Waals surface area contributed by atoms with Crippen LogP contribution in [0.5, 0.6) is 0 Å². The second-order valence-corrected chi connectivity index (χ2v) is 10.7. The van der Waals surface area contributed by atoms with Crippen LogP contribution in [0, 0.1) is 5.92 Å². The normalized spacial score (nSPS) is 17.8. The van der Waals surface area contributed by atoms with Gasteiger partial charge in [0.25, 0.3) is 5.91 Å². The number of pyridine rings is 1. The Hall–Kier alpha value is -3.26. The molecule has 3 rings (SSSR count). The van der Waals surface area contributed by atoms with Gasteiger partial charge in [0.1, 0.15) is 5.82 Å². The van der Waals surface area contributed by atoms with Crippen molar-refractivity contribution in [3.63, 3.8) is 0 Å². The summed E-state index contributed by atoms with van der Waals surface area (Å²) in [6, 6.07) is 9.42. The van der Waals surface area contributed by atoms with Crippen LogP contribution in [0.1, 0.15) is 69.3 Å². The van der Waals surface area contributed by atoms with Crippen molar-refractivity contribution < 1.29 is 9.59 Å². The standard InChI is InChI=1S/C30H41N5O2S/c1-5-18-38-21-23(3)25-8-10-27(31)28(19-25)33-30(37)26-9-11-29(32-20-26)35-15-7-6-14-34(24(4)36)16-12-22(2)13-17-35/h5,8-11,18-22H,6-7,12-17,31H2,1-4H3,(H,33,37)/b18-5-,23-21+. The molecule has 7 nitrogen and oxygen atoms in total. The van der Waals surface area contributed by atoms with Gasteiger partial charge in [-0.25, -0.2) is 4.98 Å². The number of allylic oxidation sites excluding steroid dienone is 2. The van der Waals surface area contributed by atoms with E-state index in [9.17, 15) is 9.59 Å². The number of amides is 2. The number of hydrogen-bond donors (Lipinski definition) is 2. The van der Waals surface area contributed by atoms with Gasteiger partial charge in [0.2, 0.25) is 5.91 Å². The van der Waals surface area contributed by atoms with E-state index in [0.29, 0.717) is 22.9 Å². The van der Waals surface area contributed by atoms with Crippen LogP contribution >= 0.6 is 11.8 Å². The Morgan fingerprint density at radius 3 is 2.50 bits per heavy atom. The number of nitrogens with one attached hydrogen (secondary N) is 1. The zero-order valence-corrected chi connectivity index (χ0v) is 23.9. The summed E-state index contributed by atoms with van der Waals surface area (Å²) in [4.78, 5) is 33.8. The van der Waals surface area contributed by atoms with Gasteiger partial charge in [0.05, 0.1) is 16.9 Å². The van der Waals surface area contributed by atoms with Crippen molar-refractivity contribution in [1.82, 2.24) is 9.88 Å². The lowest BCUT2D eigenvalue weighted by molar-refractivity contribution is -0.129. The van der Waals surface area contributed by atoms with Gasteiger partial charge < -0.3 is 20.9 Å². The first-order valence-electron chi connectivity index (χ1n) is 13.4. The van der Waals surface area contributed by atoms with Crippen molar-refractivity contribution in [2.24, 2.45) is 5.92 Å². The third-order valence-corrected chi connectivity index (χ3v) is 7.80. The highest BCUT2D eigenvalue weighted by atomic mass is 32.2. The molecule has 2 heterocycles. The SMILES string of the molecule is C/C=C\S/C=C(\C)c1ccc(N)c(NC(=O)c2ccc(N3CCCCN(C(C)=O)CCC(C)CC3)nc2)c1. The number of nitrogen functional groups attached to an aromatic ring is 1. The van der Waals surface area contributed by atoms with E-state index in [1.165, 1.54) is 0 Å². The predicted octanol–water partition coefficient (Wildman–Crippen LogP) is 6.41. The fourth-order valence-corrected chi connectivity index (χ4v) is 4.95. The Balaban J connectivity index is 1.67. The molecule has 1 aromatic heterocycles. The monoisotopic (exact) mass is 535 g/mol. The predicted molar refractivity (Wildman–Crippen MR) is 161 cm³/mol. The van der Waals surface area contributed by atoms with Crippen LogP contribution in [0.25, 0.3) is 5.57 Å². The molecule has 0 aliphatic carbocycles. The molecule has 1 aliphatic heterocycles. The summed E-state index contributed by atoms with van der Waals surface area (Å²) in [6.45, 7) is 11.3. The Labute approximate surface area is 231 Å². The number of nitrogens with zero attached hydrogens (tertiary/aromatic N) is 3. The second-order valence-electron chi connectivity index (χ2n) is 9.95. The molecule has 1 aromatic carbocycles. The van der Waals surface area contributed by atoms with Crippen LogP contribution in [-0.2, 0) is 4.79 Å². The van der Waals surface area contributed by atoms with Crippen molar-refractivity contribution in [1.29, 1.82) is 0 Å². The molecule has 2 aromatic rings. The van der Waals surface area contributed by atoms with Gasteiger partial charge in [0.15, 0.2) is 0 Å². The van der Waals surface area contributed by atoms with Gasteiger partial charge in [0, 0.05) is 39.3 Å². The highest BCUT2D eigenvalue weighted by Gasteiger charge is 2.17. The molecule has 0 spiro atoms. The average Bonchev–Trinajstić information content (AvgIpc) is 2.95. The summed E-state index contributed by atoms with van der Waals surface area (Å²) in [5, 5.41) is 7.03. The van der Waals surface area contributed by atoms with Crippen LogP contribution in [0.2, 0.25) is 0 Å². The highest BCUT2D eigenvalue weighted by Crippen LogP contribution is 2.27. The van der Waals surface area contributed by atoms with Crippen LogP contribution in [0.4, 0.5) is 17.2 Å². The second kappa shape index (κ2) is 14.6. The largest absolute Gasteiger partial charge is 0.397 e. The zero-order valence-electron chi connectivity index (χ0n) is 23.1. The minimum atomic E-state index is -0.242. The summed E-state index contributed by atoms with van der Waals surface area (Å²) >= 11 is 1.61. The van der Waals surface area contributed by atoms with Gasteiger partial charge in [-0.15, -0.1) is 11.8 Å². The average molecular weight is 536 g/mol. The molecule has 0 saturated carbocycles. The molecular formula is C30H41N5O2S. The van der Waals surface area contributed by atoms with Crippen LogP contribution < -0.4 is 16.0 Å². The molecule has 1 atom stereocenters. The minimum Gasteiger partial charge on any atom is -0.397 e. The van der Waals surface area contributed by atoms with E-state index in [2.05, 4.69) is 27.5 Å². The van der Waals surface area contributed by atoms with Crippen molar-refractivity contribution in [3.05, 3.63) is 64.5 Å². The van der Waals surface area contributed by atoms with Crippen molar-refractivity contribution in [2.45, 2.75) is 53.4 Å². The molecule has 1 saturated heterocycles. The number of carbonyl (C=O) groups excluding carboxylic acids is 2. The fraction of sp³-hybridized carbons (Fsp3) is 0.433. The Kier molecular flexibility index (Phi) is 11.3. The number of hydrogen-bond acceptors (Lipinski definition) is 6. The van der Waals surface area contributed by atoms with Gasteiger partial charge in [-0.1, -0.05) is 19.1 Å². The molecule has 1 fully saturated rings. The molecule has 8 heteroatoms. The summed E-state index contributed by atoms with van der Waals surface area (Å²) in [5.41, 5.74) is 9.84. The van der Waals surface area contributed by atoms with Crippen molar-refractivity contribution >= 4 is 46.3 Å². The van der Waals surface area contributed by atoms with Crippen LogP contribution in [0.3, 0.4) is 0 Å². The Morgan fingerprint density at radius 1 is 1.05 bits per heavy atom. The number of aromatic nitrogens is 1. The van der Waals surface area contributed by atoms with Gasteiger partial charge in [-0.05, 0) is 91.7 Å². The maximum atomic E-state index is 13.0. The number of benzene rings is 1.